The van der Waals surface area contributed by atoms with Crippen LogP contribution in [0.3, 0.4) is 0 Å². The van der Waals surface area contributed by atoms with Gasteiger partial charge in [0, 0.05) is 19.4 Å². The quantitative estimate of drug-likeness (QED) is 0.0268. The molecule has 0 amide bonds. The highest BCUT2D eigenvalue weighted by Crippen LogP contribution is 2.43. The van der Waals surface area contributed by atoms with Gasteiger partial charge in [0.15, 0.2) is 6.10 Å². The van der Waals surface area contributed by atoms with Crippen LogP contribution < -0.4 is 5.73 Å². The first-order valence-corrected chi connectivity index (χ1v) is 23.6. The summed E-state index contributed by atoms with van der Waals surface area (Å²) < 4.78 is 32.7. The summed E-state index contributed by atoms with van der Waals surface area (Å²) >= 11 is 0. The third-order valence-corrected chi connectivity index (χ3v) is 9.74. The van der Waals surface area contributed by atoms with Gasteiger partial charge in [0.05, 0.1) is 13.2 Å². The second-order valence-electron chi connectivity index (χ2n) is 14.2. The Hall–Kier alpha value is -2.81. The Morgan fingerprint density at radius 2 is 0.912 bits per heavy atom. The van der Waals surface area contributed by atoms with Crippen molar-refractivity contribution >= 4 is 19.8 Å². The standard InChI is InChI=1S/C47H80NO8P/c1-3-5-7-9-11-13-15-17-19-21-22-24-25-27-29-31-33-35-37-39-46(49)53-43-45(44-55-57(51,52)54-42-41-48)56-47(50)40-38-36-34-32-30-28-26-23-20-18-16-14-12-10-8-6-4-2/h11-14,17-20,22,24,26-29,45H,3-10,15-16,21,23,25,30-44,48H2,1-2H3,(H,51,52)/b13-11-,14-12-,19-17-,20-18-,24-22-,28-26-,29-27-/t45-/m1/s1. The highest BCUT2D eigenvalue weighted by molar-refractivity contribution is 7.47. The molecule has 3 N–H and O–H groups in total. The minimum absolute atomic E-state index is 0.0402. The van der Waals surface area contributed by atoms with Crippen LogP contribution in [0.25, 0.3) is 0 Å². The summed E-state index contributed by atoms with van der Waals surface area (Å²) in [7, 11) is -4.40. The van der Waals surface area contributed by atoms with Crippen LogP contribution in [0.15, 0.2) is 85.1 Å². The van der Waals surface area contributed by atoms with E-state index in [1.54, 1.807) is 0 Å². The van der Waals surface area contributed by atoms with Gasteiger partial charge in [0.25, 0.3) is 0 Å². The van der Waals surface area contributed by atoms with Crippen LogP contribution in [0.1, 0.15) is 168 Å². The Bertz CT molecular complexity index is 1210. The number of nitrogens with two attached hydrogens (primary N) is 1. The lowest BCUT2D eigenvalue weighted by atomic mass is 10.1. The lowest BCUT2D eigenvalue weighted by Gasteiger charge is -2.19. The fraction of sp³-hybridized carbons (Fsp3) is 0.660. The minimum atomic E-state index is -4.40. The zero-order chi connectivity index (χ0) is 41.8. The molecular weight excluding hydrogens is 737 g/mol. The van der Waals surface area contributed by atoms with Crippen molar-refractivity contribution in [3.63, 3.8) is 0 Å². The Balaban J connectivity index is 4.28. The van der Waals surface area contributed by atoms with Crippen molar-refractivity contribution in [2.75, 3.05) is 26.4 Å². The van der Waals surface area contributed by atoms with Crippen LogP contribution in [0.2, 0.25) is 0 Å². The van der Waals surface area contributed by atoms with Crippen molar-refractivity contribution in [2.24, 2.45) is 5.73 Å². The van der Waals surface area contributed by atoms with Gasteiger partial charge in [0.1, 0.15) is 6.61 Å². The van der Waals surface area contributed by atoms with Gasteiger partial charge < -0.3 is 20.1 Å². The summed E-state index contributed by atoms with van der Waals surface area (Å²) in [5.41, 5.74) is 5.34. The number of phosphoric ester groups is 1. The van der Waals surface area contributed by atoms with Crippen molar-refractivity contribution in [2.45, 2.75) is 174 Å². The molecule has 0 rings (SSSR count). The minimum Gasteiger partial charge on any atom is -0.462 e. The van der Waals surface area contributed by atoms with E-state index in [9.17, 15) is 19.0 Å². The molecule has 0 aliphatic heterocycles. The molecule has 0 bridgehead atoms. The third-order valence-electron chi connectivity index (χ3n) is 8.75. The van der Waals surface area contributed by atoms with E-state index in [4.69, 9.17) is 24.3 Å². The molecule has 0 spiro atoms. The number of ether oxygens (including phenoxy) is 2. The Morgan fingerprint density at radius 1 is 0.526 bits per heavy atom. The number of carbonyl (C=O) groups excluding carboxylic acids is 2. The van der Waals surface area contributed by atoms with Crippen molar-refractivity contribution in [1.29, 1.82) is 0 Å². The molecule has 0 fully saturated rings. The number of carbonyl (C=O) groups is 2. The molecule has 0 aromatic heterocycles. The fourth-order valence-corrected chi connectivity index (χ4v) is 6.21. The second kappa shape index (κ2) is 42.8. The normalized spacial score (nSPS) is 14.1. The molecule has 57 heavy (non-hydrogen) atoms. The summed E-state index contributed by atoms with van der Waals surface area (Å²) in [6.45, 7) is 3.59. The number of hydrogen-bond donors (Lipinski definition) is 2. The summed E-state index contributed by atoms with van der Waals surface area (Å²) in [4.78, 5) is 34.9. The maximum absolute atomic E-state index is 12.6. The van der Waals surface area contributed by atoms with E-state index in [0.29, 0.717) is 12.8 Å². The van der Waals surface area contributed by atoms with Crippen molar-refractivity contribution in [3.8, 4) is 0 Å². The van der Waals surface area contributed by atoms with E-state index in [1.165, 1.54) is 51.4 Å². The van der Waals surface area contributed by atoms with E-state index < -0.39 is 32.5 Å². The van der Waals surface area contributed by atoms with E-state index in [1.807, 2.05) is 0 Å². The van der Waals surface area contributed by atoms with E-state index in [2.05, 4.69) is 98.9 Å². The predicted molar refractivity (Wildman–Crippen MR) is 238 cm³/mol. The molecule has 0 aromatic rings. The lowest BCUT2D eigenvalue weighted by Crippen LogP contribution is -2.29. The molecule has 0 heterocycles. The number of esters is 2. The van der Waals surface area contributed by atoms with Gasteiger partial charge in [-0.15, -0.1) is 0 Å². The van der Waals surface area contributed by atoms with Gasteiger partial charge in [-0.2, -0.15) is 0 Å². The van der Waals surface area contributed by atoms with Crippen LogP contribution in [-0.4, -0.2) is 49.3 Å². The number of allylic oxidation sites excluding steroid dienone is 14. The topological polar surface area (TPSA) is 134 Å². The van der Waals surface area contributed by atoms with E-state index in [0.717, 1.165) is 77.0 Å². The van der Waals surface area contributed by atoms with Gasteiger partial charge in [0.2, 0.25) is 0 Å². The molecule has 0 saturated heterocycles. The molecule has 0 aromatic carbocycles. The molecule has 326 valence electrons. The number of hydrogen-bond acceptors (Lipinski definition) is 8. The van der Waals surface area contributed by atoms with Crippen LogP contribution in [0.5, 0.6) is 0 Å². The summed E-state index contributed by atoms with van der Waals surface area (Å²) in [5, 5.41) is 0. The maximum Gasteiger partial charge on any atom is 0.472 e. The number of rotatable bonds is 40. The van der Waals surface area contributed by atoms with Crippen LogP contribution in [-0.2, 0) is 32.7 Å². The molecule has 10 heteroatoms. The molecule has 0 saturated carbocycles. The van der Waals surface area contributed by atoms with Crippen molar-refractivity contribution in [3.05, 3.63) is 85.1 Å². The third kappa shape index (κ3) is 42.6. The van der Waals surface area contributed by atoms with Gasteiger partial charge in [-0.3, -0.25) is 18.6 Å². The maximum atomic E-state index is 12.6. The number of phosphoric acid groups is 1. The first-order valence-electron chi connectivity index (χ1n) is 22.1. The van der Waals surface area contributed by atoms with E-state index >= 15 is 0 Å². The van der Waals surface area contributed by atoms with Crippen LogP contribution >= 0.6 is 7.82 Å². The largest absolute Gasteiger partial charge is 0.472 e. The molecule has 9 nitrogen and oxygen atoms in total. The average Bonchev–Trinajstić information content (AvgIpc) is 3.20. The Morgan fingerprint density at radius 3 is 1.35 bits per heavy atom. The molecule has 1 unspecified atom stereocenters. The highest BCUT2D eigenvalue weighted by atomic mass is 31.2. The molecular formula is C47H80NO8P. The average molecular weight is 818 g/mol. The zero-order valence-electron chi connectivity index (χ0n) is 35.8. The van der Waals surface area contributed by atoms with Crippen molar-refractivity contribution in [1.82, 2.24) is 0 Å². The highest BCUT2D eigenvalue weighted by Gasteiger charge is 2.26. The van der Waals surface area contributed by atoms with E-state index in [-0.39, 0.29) is 32.6 Å². The van der Waals surface area contributed by atoms with Crippen molar-refractivity contribution < 1.29 is 37.6 Å². The summed E-state index contributed by atoms with van der Waals surface area (Å²) in [6, 6.07) is 0. The predicted octanol–water partition coefficient (Wildman–Crippen LogP) is 12.8. The van der Waals surface area contributed by atoms with Crippen LogP contribution in [0, 0.1) is 0 Å². The van der Waals surface area contributed by atoms with Gasteiger partial charge in [-0.25, -0.2) is 4.57 Å². The molecule has 0 aliphatic carbocycles. The molecule has 0 radical (unpaired) electrons. The Labute approximate surface area is 347 Å². The molecule has 2 atom stereocenters. The van der Waals surface area contributed by atoms with Crippen LogP contribution in [0.4, 0.5) is 0 Å². The monoisotopic (exact) mass is 818 g/mol. The summed E-state index contributed by atoms with van der Waals surface area (Å²) in [5.74, 6) is -0.898. The second-order valence-corrected chi connectivity index (χ2v) is 15.7. The number of unbranched alkanes of at least 4 members (excludes halogenated alkanes) is 13. The molecule has 0 aliphatic rings. The Kier molecular flexibility index (Phi) is 40.7. The van der Waals surface area contributed by atoms with Gasteiger partial charge >= 0.3 is 19.8 Å². The first kappa shape index (κ1) is 54.2. The lowest BCUT2D eigenvalue weighted by molar-refractivity contribution is -0.161. The zero-order valence-corrected chi connectivity index (χ0v) is 36.7. The fourth-order valence-electron chi connectivity index (χ4n) is 5.45. The smallest absolute Gasteiger partial charge is 0.462 e. The van der Waals surface area contributed by atoms with Gasteiger partial charge in [-0.1, -0.05) is 144 Å². The van der Waals surface area contributed by atoms with Gasteiger partial charge in [-0.05, 0) is 96.3 Å². The summed E-state index contributed by atoms with van der Waals surface area (Å²) in [6.07, 6.45) is 53.2. The first-order chi connectivity index (χ1) is 27.8. The SMILES string of the molecule is CCCCC/C=C\C/C=C\C/C=C\C/C=C\CCCCCC(=O)OC[C@H](COP(=O)(O)OCCN)OC(=O)CCCCCC/C=C\C/C=C\C/C=C\CCCCC.